The second-order valence-corrected chi connectivity index (χ2v) is 7.10. The fourth-order valence-electron chi connectivity index (χ4n) is 3.64. The van der Waals surface area contributed by atoms with Crippen LogP contribution in [-0.2, 0) is 4.79 Å². The van der Waals surface area contributed by atoms with Crippen LogP contribution >= 0.6 is 0 Å². The molecule has 1 saturated heterocycles. The third-order valence-corrected chi connectivity index (χ3v) is 5.16. The molecule has 30 heavy (non-hydrogen) atoms. The molecule has 0 spiro atoms. The molecule has 8 nitrogen and oxygen atoms in total. The lowest BCUT2D eigenvalue weighted by atomic mass is 10.2. The number of carbonyl (C=O) groups excluding carboxylic acids is 1. The normalized spacial score (nSPS) is 16.9. The van der Waals surface area contributed by atoms with Crippen molar-refractivity contribution in [3.63, 3.8) is 0 Å². The summed E-state index contributed by atoms with van der Waals surface area (Å²) < 4.78 is 10.7. The third kappa shape index (κ3) is 3.42. The highest BCUT2D eigenvalue weighted by atomic mass is 16.7. The van der Waals surface area contributed by atoms with Gasteiger partial charge in [0.2, 0.25) is 12.7 Å². The van der Waals surface area contributed by atoms with E-state index in [1.54, 1.807) is 4.90 Å². The van der Waals surface area contributed by atoms with Gasteiger partial charge in [-0.3, -0.25) is 4.79 Å². The summed E-state index contributed by atoms with van der Waals surface area (Å²) in [5.74, 6) is 8.38. The second-order valence-electron chi connectivity index (χ2n) is 7.10. The average Bonchev–Trinajstić information content (AvgIpc) is 3.50. The molecular formula is C22H19N5O3. The standard InChI is InChI=1S/C22H19N5O3/c1-2-20(28)27-8-7-16(11-27)26-22-17-10-15(25-21(17)23-12-24-22)5-3-14-4-6-18-19(9-14)30-13-29-18/h2,4,6,9-10,12,16H,1,7-8,11,13H2,(H2,23,24,25,26). The van der Waals surface area contributed by atoms with Gasteiger partial charge in [-0.25, -0.2) is 9.97 Å². The smallest absolute Gasteiger partial charge is 0.246 e. The first-order chi connectivity index (χ1) is 14.7. The molecule has 2 aliphatic rings. The molecule has 1 atom stereocenters. The summed E-state index contributed by atoms with van der Waals surface area (Å²) in [5.41, 5.74) is 2.28. The Hall–Kier alpha value is -3.99. The van der Waals surface area contributed by atoms with Crippen LogP contribution in [0.5, 0.6) is 11.5 Å². The number of nitrogens with one attached hydrogen (secondary N) is 2. The second kappa shape index (κ2) is 7.44. The molecule has 5 rings (SSSR count). The van der Waals surface area contributed by atoms with Gasteiger partial charge in [0.15, 0.2) is 11.5 Å². The summed E-state index contributed by atoms with van der Waals surface area (Å²) >= 11 is 0. The number of hydrogen-bond donors (Lipinski definition) is 2. The van der Waals surface area contributed by atoms with E-state index in [1.807, 2.05) is 24.3 Å². The Morgan fingerprint density at radius 2 is 2.17 bits per heavy atom. The van der Waals surface area contributed by atoms with E-state index in [9.17, 15) is 4.79 Å². The van der Waals surface area contributed by atoms with E-state index in [0.29, 0.717) is 24.5 Å². The highest BCUT2D eigenvalue weighted by molar-refractivity contribution is 5.89. The Morgan fingerprint density at radius 1 is 1.27 bits per heavy atom. The number of hydrogen-bond acceptors (Lipinski definition) is 6. The number of benzene rings is 1. The molecule has 1 unspecified atom stereocenters. The first kappa shape index (κ1) is 18.1. The molecule has 0 radical (unpaired) electrons. The van der Waals surface area contributed by atoms with Crippen LogP contribution in [-0.4, -0.2) is 51.7 Å². The van der Waals surface area contributed by atoms with Gasteiger partial charge in [-0.05, 0) is 42.7 Å². The number of aromatic nitrogens is 3. The van der Waals surface area contributed by atoms with Crippen molar-refractivity contribution in [3.8, 4) is 23.3 Å². The Morgan fingerprint density at radius 3 is 3.07 bits per heavy atom. The first-order valence-electron chi connectivity index (χ1n) is 9.63. The number of ether oxygens (including phenoxy) is 2. The van der Waals surface area contributed by atoms with Gasteiger partial charge in [-0.1, -0.05) is 12.5 Å². The number of aromatic amines is 1. The maximum atomic E-state index is 11.8. The van der Waals surface area contributed by atoms with Crippen molar-refractivity contribution < 1.29 is 14.3 Å². The molecule has 2 N–H and O–H groups in total. The molecule has 0 aliphatic carbocycles. The third-order valence-electron chi connectivity index (χ3n) is 5.16. The predicted octanol–water partition coefficient (Wildman–Crippen LogP) is 2.29. The molecule has 1 amide bonds. The fraction of sp³-hybridized carbons (Fsp3) is 0.227. The molecule has 0 bridgehead atoms. The number of amides is 1. The summed E-state index contributed by atoms with van der Waals surface area (Å²) in [6.45, 7) is 5.12. The van der Waals surface area contributed by atoms with E-state index < -0.39 is 0 Å². The number of likely N-dealkylation sites (tertiary alicyclic amines) is 1. The number of fused-ring (bicyclic) bond motifs is 2. The molecule has 2 aromatic heterocycles. The van der Waals surface area contributed by atoms with Crippen LogP contribution < -0.4 is 14.8 Å². The minimum absolute atomic E-state index is 0.0464. The van der Waals surface area contributed by atoms with Gasteiger partial charge >= 0.3 is 0 Å². The predicted molar refractivity (Wildman–Crippen MR) is 111 cm³/mol. The van der Waals surface area contributed by atoms with E-state index in [2.05, 4.69) is 38.7 Å². The van der Waals surface area contributed by atoms with Gasteiger partial charge in [-0.15, -0.1) is 0 Å². The topological polar surface area (TPSA) is 92.4 Å². The number of nitrogens with zero attached hydrogens (tertiary/aromatic N) is 3. The lowest BCUT2D eigenvalue weighted by Crippen LogP contribution is -2.30. The molecule has 0 saturated carbocycles. The number of carbonyl (C=O) groups is 1. The summed E-state index contributed by atoms with van der Waals surface area (Å²) in [6.07, 6.45) is 3.71. The Bertz CT molecular complexity index is 1210. The molecule has 150 valence electrons. The van der Waals surface area contributed by atoms with Crippen molar-refractivity contribution in [2.24, 2.45) is 0 Å². The largest absolute Gasteiger partial charge is 0.454 e. The maximum absolute atomic E-state index is 11.8. The monoisotopic (exact) mass is 401 g/mol. The zero-order valence-electron chi connectivity index (χ0n) is 16.1. The average molecular weight is 401 g/mol. The van der Waals surface area contributed by atoms with E-state index >= 15 is 0 Å². The van der Waals surface area contributed by atoms with E-state index in [0.717, 1.165) is 34.6 Å². The summed E-state index contributed by atoms with van der Waals surface area (Å²) in [7, 11) is 0. The molecule has 4 heterocycles. The SMILES string of the molecule is C=CC(=O)N1CCC(Nc2ncnc3[nH]c(C#Cc4ccc5c(c4)OCO5)cc23)C1. The van der Waals surface area contributed by atoms with Gasteiger partial charge < -0.3 is 24.7 Å². The van der Waals surface area contributed by atoms with Crippen LogP contribution in [0.1, 0.15) is 17.7 Å². The van der Waals surface area contributed by atoms with Gasteiger partial charge in [0.05, 0.1) is 11.1 Å². The zero-order valence-corrected chi connectivity index (χ0v) is 16.1. The van der Waals surface area contributed by atoms with E-state index in [-0.39, 0.29) is 18.7 Å². The van der Waals surface area contributed by atoms with Crippen LogP contribution in [0.15, 0.2) is 43.2 Å². The fourth-order valence-corrected chi connectivity index (χ4v) is 3.64. The molecule has 2 aliphatic heterocycles. The van der Waals surface area contributed by atoms with Gasteiger partial charge in [0, 0.05) is 24.7 Å². The maximum Gasteiger partial charge on any atom is 0.246 e. The molecule has 3 aromatic rings. The van der Waals surface area contributed by atoms with E-state index in [4.69, 9.17) is 9.47 Å². The Kier molecular flexibility index (Phi) is 4.48. The highest BCUT2D eigenvalue weighted by Gasteiger charge is 2.25. The quantitative estimate of drug-likeness (QED) is 0.517. The van der Waals surface area contributed by atoms with Crippen LogP contribution in [0.2, 0.25) is 0 Å². The first-order valence-corrected chi connectivity index (χ1v) is 9.63. The molecular weight excluding hydrogens is 382 g/mol. The van der Waals surface area contributed by atoms with E-state index in [1.165, 1.54) is 12.4 Å². The van der Waals surface area contributed by atoms with Crippen molar-refractivity contribution in [2.75, 3.05) is 25.2 Å². The lowest BCUT2D eigenvalue weighted by Gasteiger charge is -2.15. The van der Waals surface area contributed by atoms with Crippen LogP contribution in [0.4, 0.5) is 5.82 Å². The summed E-state index contributed by atoms with van der Waals surface area (Å²) in [6, 6.07) is 7.67. The number of anilines is 1. The highest BCUT2D eigenvalue weighted by Crippen LogP contribution is 2.32. The number of H-pyrrole nitrogens is 1. The van der Waals surface area contributed by atoms with Crippen molar-refractivity contribution in [1.82, 2.24) is 19.9 Å². The Labute approximate surface area is 172 Å². The lowest BCUT2D eigenvalue weighted by molar-refractivity contribution is -0.125. The van der Waals surface area contributed by atoms with Crippen LogP contribution in [0.25, 0.3) is 11.0 Å². The van der Waals surface area contributed by atoms with Crippen molar-refractivity contribution in [3.05, 3.63) is 54.5 Å². The minimum atomic E-state index is -0.0464. The molecule has 8 heteroatoms. The van der Waals surface area contributed by atoms with Crippen LogP contribution in [0, 0.1) is 11.8 Å². The summed E-state index contributed by atoms with van der Waals surface area (Å²) in [5, 5.41) is 4.29. The van der Waals surface area contributed by atoms with Crippen LogP contribution in [0.3, 0.4) is 0 Å². The number of rotatable bonds is 3. The minimum Gasteiger partial charge on any atom is -0.454 e. The van der Waals surface area contributed by atoms with Crippen molar-refractivity contribution in [2.45, 2.75) is 12.5 Å². The van der Waals surface area contributed by atoms with Crippen molar-refractivity contribution in [1.29, 1.82) is 0 Å². The molecule has 1 fully saturated rings. The molecule has 1 aromatic carbocycles. The Balaban J connectivity index is 1.36. The van der Waals surface area contributed by atoms with Gasteiger partial charge in [0.1, 0.15) is 17.8 Å². The zero-order chi connectivity index (χ0) is 20.5. The van der Waals surface area contributed by atoms with Crippen molar-refractivity contribution >= 4 is 22.8 Å². The van der Waals surface area contributed by atoms with Gasteiger partial charge in [-0.2, -0.15) is 0 Å². The summed E-state index contributed by atoms with van der Waals surface area (Å²) in [4.78, 5) is 25.5. The van der Waals surface area contributed by atoms with Gasteiger partial charge in [0.25, 0.3) is 0 Å².